The van der Waals surface area contributed by atoms with E-state index in [1.807, 2.05) is 24.4 Å². The highest BCUT2D eigenvalue weighted by Gasteiger charge is 2.16. The van der Waals surface area contributed by atoms with Gasteiger partial charge in [0, 0.05) is 23.0 Å². The molecule has 4 N–H and O–H groups in total. The van der Waals surface area contributed by atoms with Crippen molar-refractivity contribution in [1.82, 2.24) is 5.32 Å². The van der Waals surface area contributed by atoms with E-state index in [9.17, 15) is 14.4 Å². The topological polar surface area (TPSA) is 101 Å². The zero-order chi connectivity index (χ0) is 17.5. The normalized spacial score (nSPS) is 11.5. The molecule has 0 bridgehead atoms. The van der Waals surface area contributed by atoms with E-state index >= 15 is 0 Å². The SMILES string of the molecule is CC(Cc1cccs1)NC(=O)C(=O)Nc1ccc(CC(N)=O)cc1. The van der Waals surface area contributed by atoms with Crippen LogP contribution in [0.15, 0.2) is 41.8 Å². The van der Waals surface area contributed by atoms with E-state index in [4.69, 9.17) is 5.73 Å². The summed E-state index contributed by atoms with van der Waals surface area (Å²) in [6, 6.07) is 10.4. The van der Waals surface area contributed by atoms with Crippen molar-refractivity contribution < 1.29 is 14.4 Å². The summed E-state index contributed by atoms with van der Waals surface area (Å²) in [6.07, 6.45) is 0.813. The van der Waals surface area contributed by atoms with Crippen LogP contribution in [0.2, 0.25) is 0 Å². The summed E-state index contributed by atoms with van der Waals surface area (Å²) < 4.78 is 0. The highest BCUT2D eigenvalue weighted by atomic mass is 32.1. The molecule has 0 fully saturated rings. The van der Waals surface area contributed by atoms with Crippen molar-refractivity contribution >= 4 is 34.7 Å². The molecule has 0 spiro atoms. The lowest BCUT2D eigenvalue weighted by Gasteiger charge is -2.13. The summed E-state index contributed by atoms with van der Waals surface area (Å²) in [4.78, 5) is 35.8. The first-order chi connectivity index (χ1) is 11.4. The molecule has 1 atom stereocenters. The number of amides is 3. The predicted molar refractivity (Wildman–Crippen MR) is 93.6 cm³/mol. The number of nitrogens with two attached hydrogens (primary N) is 1. The first-order valence-electron chi connectivity index (χ1n) is 7.45. The second-order valence-corrected chi connectivity index (χ2v) is 6.48. The molecule has 1 aromatic carbocycles. The van der Waals surface area contributed by atoms with Gasteiger partial charge in [-0.25, -0.2) is 0 Å². The Hall–Kier alpha value is -2.67. The first-order valence-corrected chi connectivity index (χ1v) is 8.33. The third-order valence-electron chi connectivity index (χ3n) is 3.26. The number of nitrogens with one attached hydrogen (secondary N) is 2. The van der Waals surface area contributed by atoms with Crippen molar-refractivity contribution in [3.05, 3.63) is 52.2 Å². The zero-order valence-corrected chi connectivity index (χ0v) is 14.1. The minimum Gasteiger partial charge on any atom is -0.369 e. The van der Waals surface area contributed by atoms with E-state index in [-0.39, 0.29) is 12.5 Å². The molecule has 0 radical (unpaired) electrons. The maximum atomic E-state index is 11.9. The number of benzene rings is 1. The van der Waals surface area contributed by atoms with Gasteiger partial charge < -0.3 is 16.4 Å². The van der Waals surface area contributed by atoms with Crippen molar-refractivity contribution in [2.24, 2.45) is 5.73 Å². The van der Waals surface area contributed by atoms with Crippen LogP contribution in [0.5, 0.6) is 0 Å². The summed E-state index contributed by atoms with van der Waals surface area (Å²) in [7, 11) is 0. The summed E-state index contributed by atoms with van der Waals surface area (Å²) in [5.41, 5.74) is 6.34. The molecule has 24 heavy (non-hydrogen) atoms. The highest BCUT2D eigenvalue weighted by molar-refractivity contribution is 7.09. The number of carbonyl (C=O) groups excluding carboxylic acids is 3. The van der Waals surface area contributed by atoms with Crippen LogP contribution in [0.4, 0.5) is 5.69 Å². The molecular weight excluding hydrogens is 326 g/mol. The molecule has 1 unspecified atom stereocenters. The second kappa shape index (κ2) is 8.26. The van der Waals surface area contributed by atoms with Gasteiger partial charge in [0.15, 0.2) is 0 Å². The lowest BCUT2D eigenvalue weighted by molar-refractivity contribution is -0.136. The van der Waals surface area contributed by atoms with Crippen molar-refractivity contribution in [2.45, 2.75) is 25.8 Å². The van der Waals surface area contributed by atoms with Gasteiger partial charge in [-0.2, -0.15) is 0 Å². The Labute approximate surface area is 144 Å². The third kappa shape index (κ3) is 5.51. The molecule has 6 nitrogen and oxygen atoms in total. The number of hydrogen-bond donors (Lipinski definition) is 3. The Morgan fingerprint density at radius 1 is 1.12 bits per heavy atom. The zero-order valence-electron chi connectivity index (χ0n) is 13.2. The Morgan fingerprint density at radius 3 is 2.42 bits per heavy atom. The van der Waals surface area contributed by atoms with E-state index in [1.54, 1.807) is 35.6 Å². The van der Waals surface area contributed by atoms with Gasteiger partial charge in [0.25, 0.3) is 0 Å². The minimum absolute atomic E-state index is 0.134. The number of anilines is 1. The maximum Gasteiger partial charge on any atom is 0.313 e. The molecule has 0 aliphatic rings. The van der Waals surface area contributed by atoms with Crippen LogP contribution in [-0.4, -0.2) is 23.8 Å². The van der Waals surface area contributed by atoms with Gasteiger partial charge in [-0.15, -0.1) is 11.3 Å². The monoisotopic (exact) mass is 345 g/mol. The number of primary amides is 1. The van der Waals surface area contributed by atoms with Crippen molar-refractivity contribution in [1.29, 1.82) is 0 Å². The first kappa shape index (κ1) is 17.7. The summed E-state index contributed by atoms with van der Waals surface area (Å²) >= 11 is 1.61. The number of hydrogen-bond acceptors (Lipinski definition) is 4. The van der Waals surface area contributed by atoms with Crippen LogP contribution in [0.1, 0.15) is 17.4 Å². The van der Waals surface area contributed by atoms with Crippen LogP contribution in [-0.2, 0) is 27.2 Å². The van der Waals surface area contributed by atoms with Crippen LogP contribution in [0.25, 0.3) is 0 Å². The van der Waals surface area contributed by atoms with E-state index in [0.29, 0.717) is 12.1 Å². The molecule has 3 amide bonds. The van der Waals surface area contributed by atoms with Gasteiger partial charge >= 0.3 is 11.8 Å². The standard InChI is InChI=1S/C17H19N3O3S/c1-11(9-14-3-2-8-24-14)19-16(22)17(23)20-13-6-4-12(5-7-13)10-15(18)21/h2-8,11H,9-10H2,1H3,(H2,18,21)(H,19,22)(H,20,23). The Kier molecular flexibility index (Phi) is 6.08. The quantitative estimate of drug-likeness (QED) is 0.691. The lowest BCUT2D eigenvalue weighted by atomic mass is 10.1. The van der Waals surface area contributed by atoms with Crippen LogP contribution in [0, 0.1) is 0 Å². The molecule has 0 aliphatic carbocycles. The molecule has 7 heteroatoms. The lowest BCUT2D eigenvalue weighted by Crippen LogP contribution is -2.41. The fraction of sp³-hybridized carbons (Fsp3) is 0.235. The largest absolute Gasteiger partial charge is 0.369 e. The fourth-order valence-corrected chi connectivity index (χ4v) is 3.00. The average molecular weight is 345 g/mol. The van der Waals surface area contributed by atoms with Crippen LogP contribution in [0.3, 0.4) is 0 Å². The Bertz CT molecular complexity index is 711. The van der Waals surface area contributed by atoms with E-state index in [2.05, 4.69) is 10.6 Å². The highest BCUT2D eigenvalue weighted by Crippen LogP contribution is 2.12. The molecule has 1 aromatic heterocycles. The molecule has 0 saturated heterocycles. The molecular formula is C17H19N3O3S. The fourth-order valence-electron chi connectivity index (χ4n) is 2.17. The summed E-state index contributed by atoms with van der Waals surface area (Å²) in [5, 5.41) is 7.16. The van der Waals surface area contributed by atoms with Crippen LogP contribution < -0.4 is 16.4 Å². The van der Waals surface area contributed by atoms with Gasteiger partial charge in [0.2, 0.25) is 5.91 Å². The van der Waals surface area contributed by atoms with E-state index in [1.165, 1.54) is 0 Å². The molecule has 1 heterocycles. The molecule has 0 aliphatic heterocycles. The van der Waals surface area contributed by atoms with Crippen molar-refractivity contribution in [3.63, 3.8) is 0 Å². The maximum absolute atomic E-state index is 11.9. The smallest absolute Gasteiger partial charge is 0.313 e. The third-order valence-corrected chi connectivity index (χ3v) is 4.16. The van der Waals surface area contributed by atoms with Gasteiger partial charge in [-0.05, 0) is 36.1 Å². The average Bonchev–Trinajstić information content (AvgIpc) is 3.01. The molecule has 126 valence electrons. The summed E-state index contributed by atoms with van der Waals surface area (Å²) in [6.45, 7) is 1.85. The number of carbonyl (C=O) groups is 3. The molecule has 0 saturated carbocycles. The van der Waals surface area contributed by atoms with Crippen molar-refractivity contribution in [2.75, 3.05) is 5.32 Å². The van der Waals surface area contributed by atoms with Gasteiger partial charge in [-0.1, -0.05) is 18.2 Å². The van der Waals surface area contributed by atoms with Crippen LogP contribution >= 0.6 is 11.3 Å². The predicted octanol–water partition coefficient (Wildman–Crippen LogP) is 1.46. The van der Waals surface area contributed by atoms with Gasteiger partial charge in [0.05, 0.1) is 6.42 Å². The van der Waals surface area contributed by atoms with Gasteiger partial charge in [0.1, 0.15) is 0 Å². The van der Waals surface area contributed by atoms with Crippen molar-refractivity contribution in [3.8, 4) is 0 Å². The van der Waals surface area contributed by atoms with E-state index < -0.39 is 17.7 Å². The Balaban J connectivity index is 1.84. The minimum atomic E-state index is -0.726. The number of thiophene rings is 1. The summed E-state index contributed by atoms with van der Waals surface area (Å²) in [5.74, 6) is -1.83. The Morgan fingerprint density at radius 2 is 1.83 bits per heavy atom. The van der Waals surface area contributed by atoms with E-state index in [0.717, 1.165) is 10.4 Å². The van der Waals surface area contributed by atoms with Gasteiger partial charge in [-0.3, -0.25) is 14.4 Å². The second-order valence-electron chi connectivity index (χ2n) is 5.45. The molecule has 2 aromatic rings. The molecule has 2 rings (SSSR count). The number of rotatable bonds is 6.